The molecule has 0 aliphatic rings. The Kier molecular flexibility index (Phi) is 5.45. The average Bonchev–Trinajstić information content (AvgIpc) is 2.91. The van der Waals surface area contributed by atoms with E-state index in [0.717, 1.165) is 4.68 Å². The molecule has 0 atom stereocenters. The summed E-state index contributed by atoms with van der Waals surface area (Å²) in [6.45, 7) is -0.0229. The van der Waals surface area contributed by atoms with E-state index in [1.807, 2.05) is 0 Å². The molecule has 0 radical (unpaired) electrons. The van der Waals surface area contributed by atoms with Crippen molar-refractivity contribution in [3.05, 3.63) is 69.9 Å². The molecule has 2 aromatic carbocycles. The standard InChI is InChI=1S/C17H16ClFN4O3S/c1-22-16(12-6-8-13(19)9-7-12)21-23(17(22)24)11-10-20-27(25,26)15-5-3-2-4-14(15)18/h2-9,20H,10-11H2,1H3. The molecule has 142 valence electrons. The fourth-order valence-corrected chi connectivity index (χ4v) is 4.05. The predicted octanol–water partition coefficient (Wildman–Crippen LogP) is 2.02. The molecule has 0 saturated carbocycles. The minimum absolute atomic E-state index is 0.0253. The molecule has 0 saturated heterocycles. The molecular weight excluding hydrogens is 395 g/mol. The average molecular weight is 411 g/mol. The number of aromatic nitrogens is 3. The fraction of sp³-hybridized carbons (Fsp3) is 0.176. The van der Waals surface area contributed by atoms with Crippen LogP contribution in [0.25, 0.3) is 11.4 Å². The summed E-state index contributed by atoms with van der Waals surface area (Å²) in [6.07, 6.45) is 0. The number of rotatable bonds is 6. The van der Waals surface area contributed by atoms with Gasteiger partial charge in [0.05, 0.1) is 11.6 Å². The van der Waals surface area contributed by atoms with Gasteiger partial charge in [-0.2, -0.15) is 0 Å². The molecule has 27 heavy (non-hydrogen) atoms. The minimum Gasteiger partial charge on any atom is -0.278 e. The van der Waals surface area contributed by atoms with E-state index in [4.69, 9.17) is 11.6 Å². The van der Waals surface area contributed by atoms with Crippen LogP contribution in [-0.4, -0.2) is 29.3 Å². The molecular formula is C17H16ClFN4O3S. The van der Waals surface area contributed by atoms with Gasteiger partial charge in [0, 0.05) is 19.2 Å². The highest BCUT2D eigenvalue weighted by atomic mass is 35.5. The fourth-order valence-electron chi connectivity index (χ4n) is 2.51. The van der Waals surface area contributed by atoms with Gasteiger partial charge in [0.1, 0.15) is 10.7 Å². The van der Waals surface area contributed by atoms with E-state index in [1.54, 1.807) is 19.2 Å². The highest BCUT2D eigenvalue weighted by Crippen LogP contribution is 2.20. The number of halogens is 2. The van der Waals surface area contributed by atoms with Crippen molar-refractivity contribution in [3.63, 3.8) is 0 Å². The van der Waals surface area contributed by atoms with Crippen LogP contribution in [0.1, 0.15) is 0 Å². The molecule has 0 aliphatic carbocycles. The molecule has 0 unspecified atom stereocenters. The summed E-state index contributed by atoms with van der Waals surface area (Å²) >= 11 is 5.92. The number of sulfonamides is 1. The minimum atomic E-state index is -3.81. The summed E-state index contributed by atoms with van der Waals surface area (Å²) < 4.78 is 42.5. The molecule has 1 heterocycles. The van der Waals surface area contributed by atoms with Crippen molar-refractivity contribution in [1.82, 2.24) is 19.1 Å². The van der Waals surface area contributed by atoms with Crippen LogP contribution in [0.3, 0.4) is 0 Å². The second kappa shape index (κ2) is 7.63. The van der Waals surface area contributed by atoms with E-state index in [-0.39, 0.29) is 23.0 Å². The summed E-state index contributed by atoms with van der Waals surface area (Å²) in [5.41, 5.74) is 0.165. The lowest BCUT2D eigenvalue weighted by Gasteiger charge is -2.07. The van der Waals surface area contributed by atoms with Gasteiger partial charge in [-0.05, 0) is 36.4 Å². The van der Waals surface area contributed by atoms with Crippen LogP contribution in [0.2, 0.25) is 5.02 Å². The van der Waals surface area contributed by atoms with Gasteiger partial charge >= 0.3 is 5.69 Å². The summed E-state index contributed by atoms with van der Waals surface area (Å²) in [7, 11) is -2.27. The highest BCUT2D eigenvalue weighted by Gasteiger charge is 2.18. The first kappa shape index (κ1) is 19.3. The molecule has 0 bridgehead atoms. The molecule has 0 spiro atoms. The van der Waals surface area contributed by atoms with Gasteiger partial charge in [0.15, 0.2) is 5.82 Å². The summed E-state index contributed by atoms with van der Waals surface area (Å²) in [5.74, 6) is -0.0360. The number of benzene rings is 2. The topological polar surface area (TPSA) is 86.0 Å². The van der Waals surface area contributed by atoms with E-state index in [0.29, 0.717) is 11.4 Å². The Balaban J connectivity index is 1.76. The SMILES string of the molecule is Cn1c(-c2ccc(F)cc2)nn(CCNS(=O)(=O)c2ccccc2Cl)c1=O. The van der Waals surface area contributed by atoms with Gasteiger partial charge in [-0.25, -0.2) is 27.0 Å². The van der Waals surface area contributed by atoms with Crippen LogP contribution in [-0.2, 0) is 23.6 Å². The number of nitrogens with zero attached hydrogens (tertiary/aromatic N) is 3. The maximum atomic E-state index is 13.1. The Labute approximate surface area is 160 Å². The quantitative estimate of drug-likeness (QED) is 0.673. The van der Waals surface area contributed by atoms with E-state index in [9.17, 15) is 17.6 Å². The van der Waals surface area contributed by atoms with Crippen LogP contribution in [0.15, 0.2) is 58.2 Å². The zero-order valence-corrected chi connectivity index (χ0v) is 15.8. The molecule has 1 aromatic heterocycles. The van der Waals surface area contributed by atoms with Gasteiger partial charge in [0.25, 0.3) is 0 Å². The first-order chi connectivity index (χ1) is 12.8. The van der Waals surface area contributed by atoms with Gasteiger partial charge in [-0.3, -0.25) is 4.57 Å². The molecule has 1 N–H and O–H groups in total. The Morgan fingerprint density at radius 3 is 2.48 bits per heavy atom. The number of nitrogens with one attached hydrogen (secondary N) is 1. The lowest BCUT2D eigenvalue weighted by atomic mass is 10.2. The molecule has 3 aromatic rings. The zero-order chi connectivity index (χ0) is 19.6. The van der Waals surface area contributed by atoms with E-state index < -0.39 is 21.5 Å². The van der Waals surface area contributed by atoms with Crippen LogP contribution in [0.4, 0.5) is 4.39 Å². The van der Waals surface area contributed by atoms with Crippen molar-refractivity contribution < 1.29 is 12.8 Å². The third-order valence-electron chi connectivity index (χ3n) is 3.89. The first-order valence-corrected chi connectivity index (χ1v) is 9.79. The smallest absolute Gasteiger partial charge is 0.278 e. The van der Waals surface area contributed by atoms with Crippen LogP contribution in [0, 0.1) is 5.82 Å². The maximum Gasteiger partial charge on any atom is 0.345 e. The zero-order valence-electron chi connectivity index (χ0n) is 14.3. The molecule has 0 amide bonds. The first-order valence-electron chi connectivity index (χ1n) is 7.93. The normalized spacial score (nSPS) is 11.7. The summed E-state index contributed by atoms with van der Waals surface area (Å²) in [4.78, 5) is 12.3. The lowest BCUT2D eigenvalue weighted by molar-refractivity contribution is 0.551. The molecule has 0 aliphatic heterocycles. The maximum absolute atomic E-state index is 13.1. The van der Waals surface area contributed by atoms with Crippen LogP contribution >= 0.6 is 11.6 Å². The van der Waals surface area contributed by atoms with E-state index in [2.05, 4.69) is 9.82 Å². The molecule has 7 nitrogen and oxygen atoms in total. The van der Waals surface area contributed by atoms with Gasteiger partial charge in [-0.1, -0.05) is 23.7 Å². The molecule has 3 rings (SSSR count). The van der Waals surface area contributed by atoms with Crippen molar-refractivity contribution in [2.24, 2.45) is 7.05 Å². The number of hydrogen-bond donors (Lipinski definition) is 1. The number of hydrogen-bond acceptors (Lipinski definition) is 4. The second-order valence-corrected chi connectivity index (χ2v) is 7.87. The highest BCUT2D eigenvalue weighted by molar-refractivity contribution is 7.89. The molecule has 10 heteroatoms. The monoisotopic (exact) mass is 410 g/mol. The largest absolute Gasteiger partial charge is 0.345 e. The third-order valence-corrected chi connectivity index (χ3v) is 5.85. The van der Waals surface area contributed by atoms with Gasteiger partial charge in [0.2, 0.25) is 10.0 Å². The Morgan fingerprint density at radius 1 is 1.15 bits per heavy atom. The van der Waals surface area contributed by atoms with Crippen molar-refractivity contribution in [3.8, 4) is 11.4 Å². The van der Waals surface area contributed by atoms with Crippen LogP contribution < -0.4 is 10.4 Å². The molecule has 0 fully saturated rings. The lowest BCUT2D eigenvalue weighted by Crippen LogP contribution is -2.31. The predicted molar refractivity (Wildman–Crippen MR) is 99.5 cm³/mol. The van der Waals surface area contributed by atoms with Crippen molar-refractivity contribution in [2.45, 2.75) is 11.4 Å². The van der Waals surface area contributed by atoms with E-state index >= 15 is 0 Å². The van der Waals surface area contributed by atoms with Crippen LogP contribution in [0.5, 0.6) is 0 Å². The van der Waals surface area contributed by atoms with Crippen molar-refractivity contribution in [2.75, 3.05) is 6.54 Å². The third kappa shape index (κ3) is 4.10. The van der Waals surface area contributed by atoms with Gasteiger partial charge < -0.3 is 0 Å². The Bertz CT molecular complexity index is 1120. The van der Waals surface area contributed by atoms with Gasteiger partial charge in [-0.15, -0.1) is 5.10 Å². The second-order valence-electron chi connectivity index (χ2n) is 5.72. The van der Waals surface area contributed by atoms with Crippen molar-refractivity contribution in [1.29, 1.82) is 0 Å². The van der Waals surface area contributed by atoms with Crippen molar-refractivity contribution >= 4 is 21.6 Å². The summed E-state index contributed by atoms with van der Waals surface area (Å²) in [6, 6.07) is 11.7. The Hall–Kier alpha value is -2.49. The summed E-state index contributed by atoms with van der Waals surface area (Å²) in [5, 5.41) is 4.31. The van der Waals surface area contributed by atoms with E-state index in [1.165, 1.54) is 41.0 Å². The Morgan fingerprint density at radius 2 is 1.81 bits per heavy atom.